The number of nitrogens with one attached hydrogen (secondary N) is 1. The number of fused-ring (bicyclic) bond motifs is 1. The van der Waals surface area contributed by atoms with Gasteiger partial charge in [-0.3, -0.25) is 9.59 Å². The van der Waals surface area contributed by atoms with Crippen LogP contribution < -0.4 is 5.32 Å². The standard InChI is InChI=1S/C28H37NO5S2Si/c1-29-27(31)22-7-6-21-17-23(9-8-20(21)16-22)28(12-5-14-35-28)24-10-11-25(36(32,33)19-24)18-26(30)34-13-15-37(2,3)4/h5-9,14,16-17,24-25H,10-13,15,18-19H2,1-4H3,(H,29,31)/t24?,25-,28?/m0/s1. The summed E-state index contributed by atoms with van der Waals surface area (Å²) in [6.07, 6.45) is 4.06. The van der Waals surface area contributed by atoms with Crippen LogP contribution in [0, 0.1) is 5.92 Å². The summed E-state index contributed by atoms with van der Waals surface area (Å²) >= 11 is 1.70. The van der Waals surface area contributed by atoms with E-state index < -0.39 is 29.1 Å². The molecule has 2 heterocycles. The Morgan fingerprint density at radius 3 is 2.49 bits per heavy atom. The van der Waals surface area contributed by atoms with Crippen LogP contribution in [-0.2, 0) is 24.1 Å². The first-order valence-electron chi connectivity index (χ1n) is 12.9. The van der Waals surface area contributed by atoms with Gasteiger partial charge in [-0.1, -0.05) is 43.9 Å². The predicted molar refractivity (Wildman–Crippen MR) is 154 cm³/mol. The van der Waals surface area contributed by atoms with Crippen molar-refractivity contribution in [1.29, 1.82) is 0 Å². The second kappa shape index (κ2) is 10.9. The number of esters is 1. The molecule has 0 aliphatic carbocycles. The Kier molecular flexibility index (Phi) is 8.26. The third kappa shape index (κ3) is 6.32. The van der Waals surface area contributed by atoms with Crippen molar-refractivity contribution in [3.05, 3.63) is 59.0 Å². The number of hydrogen-bond donors (Lipinski definition) is 1. The lowest BCUT2D eigenvalue weighted by Crippen LogP contribution is -2.43. The normalized spacial score (nSPS) is 25.2. The van der Waals surface area contributed by atoms with Crippen LogP contribution in [-0.4, -0.2) is 53.0 Å². The second-order valence-corrected chi connectivity index (χ2v) is 20.6. The number of sulfone groups is 1. The molecular weight excluding hydrogens is 523 g/mol. The van der Waals surface area contributed by atoms with E-state index in [0.717, 1.165) is 35.2 Å². The summed E-state index contributed by atoms with van der Waals surface area (Å²) in [7, 11) is -3.15. The van der Waals surface area contributed by atoms with Crippen molar-refractivity contribution in [3.63, 3.8) is 0 Å². The molecule has 0 aromatic heterocycles. The first-order valence-corrected chi connectivity index (χ1v) is 19.2. The monoisotopic (exact) mass is 559 g/mol. The molecule has 1 fully saturated rings. The van der Waals surface area contributed by atoms with Crippen molar-refractivity contribution in [2.45, 2.75) is 61.4 Å². The minimum atomic E-state index is -3.44. The van der Waals surface area contributed by atoms with Gasteiger partial charge >= 0.3 is 5.97 Å². The van der Waals surface area contributed by atoms with Gasteiger partial charge in [-0.05, 0) is 71.2 Å². The number of thioether (sulfide) groups is 1. The van der Waals surface area contributed by atoms with Gasteiger partial charge in [-0.25, -0.2) is 8.42 Å². The highest BCUT2D eigenvalue weighted by molar-refractivity contribution is 8.03. The molecule has 37 heavy (non-hydrogen) atoms. The zero-order valence-corrected chi connectivity index (χ0v) is 24.7. The van der Waals surface area contributed by atoms with Crippen LogP contribution in [0.1, 0.15) is 41.6 Å². The lowest BCUT2D eigenvalue weighted by molar-refractivity contribution is -0.143. The van der Waals surface area contributed by atoms with Gasteiger partial charge in [0, 0.05) is 20.7 Å². The van der Waals surface area contributed by atoms with Crippen molar-refractivity contribution >= 4 is 52.3 Å². The molecule has 2 aliphatic heterocycles. The van der Waals surface area contributed by atoms with Crippen LogP contribution in [0.15, 0.2) is 47.9 Å². The van der Waals surface area contributed by atoms with Crippen molar-refractivity contribution in [2.75, 3.05) is 19.4 Å². The van der Waals surface area contributed by atoms with E-state index in [-0.39, 0.29) is 28.7 Å². The molecule has 2 unspecified atom stereocenters. The maximum Gasteiger partial charge on any atom is 0.307 e. The molecule has 1 N–H and O–H groups in total. The first kappa shape index (κ1) is 27.9. The van der Waals surface area contributed by atoms with Crippen LogP contribution in [0.4, 0.5) is 0 Å². The molecule has 0 bridgehead atoms. The molecule has 4 rings (SSSR count). The lowest BCUT2D eigenvalue weighted by Gasteiger charge is -2.41. The highest BCUT2D eigenvalue weighted by Crippen LogP contribution is 2.54. The number of ether oxygens (including phenoxy) is 1. The van der Waals surface area contributed by atoms with E-state index in [0.29, 0.717) is 18.6 Å². The van der Waals surface area contributed by atoms with E-state index >= 15 is 0 Å². The molecule has 2 aromatic carbocycles. The molecule has 0 spiro atoms. The van der Waals surface area contributed by atoms with Crippen LogP contribution >= 0.6 is 11.8 Å². The van der Waals surface area contributed by atoms with E-state index in [1.807, 2.05) is 24.3 Å². The number of amides is 1. The van der Waals surface area contributed by atoms with Gasteiger partial charge in [0.15, 0.2) is 9.84 Å². The van der Waals surface area contributed by atoms with Gasteiger partial charge in [0.2, 0.25) is 0 Å². The fraction of sp³-hybridized carbons (Fsp3) is 0.500. The van der Waals surface area contributed by atoms with Crippen LogP contribution in [0.3, 0.4) is 0 Å². The van der Waals surface area contributed by atoms with Crippen molar-refractivity contribution in [3.8, 4) is 0 Å². The molecule has 9 heteroatoms. The van der Waals surface area contributed by atoms with Gasteiger partial charge in [0.1, 0.15) is 0 Å². The van der Waals surface area contributed by atoms with E-state index in [1.165, 1.54) is 0 Å². The summed E-state index contributed by atoms with van der Waals surface area (Å²) < 4.78 is 31.8. The topological polar surface area (TPSA) is 89.5 Å². The summed E-state index contributed by atoms with van der Waals surface area (Å²) in [5, 5.41) is 6.06. The number of allylic oxidation sites excluding steroid dienone is 1. The van der Waals surface area contributed by atoms with Crippen molar-refractivity contribution in [1.82, 2.24) is 5.32 Å². The van der Waals surface area contributed by atoms with Crippen LogP contribution in [0.2, 0.25) is 25.7 Å². The fourth-order valence-corrected chi connectivity index (χ4v) is 9.57. The number of carbonyl (C=O) groups excluding carboxylic acids is 2. The molecule has 1 amide bonds. The molecule has 2 aromatic rings. The van der Waals surface area contributed by atoms with E-state index in [1.54, 1.807) is 18.8 Å². The van der Waals surface area contributed by atoms with Gasteiger partial charge < -0.3 is 10.1 Å². The van der Waals surface area contributed by atoms with Gasteiger partial charge in [0.05, 0.1) is 28.8 Å². The molecule has 1 saturated heterocycles. The number of rotatable bonds is 8. The Morgan fingerprint density at radius 2 is 1.84 bits per heavy atom. The SMILES string of the molecule is CNC(=O)c1ccc2cc(C3(C4CC[C@@H](CC(=O)OCC[Si](C)(C)C)S(=O)(=O)C4)CC=CS3)ccc2c1. The summed E-state index contributed by atoms with van der Waals surface area (Å²) in [4.78, 5) is 24.4. The van der Waals surface area contributed by atoms with E-state index in [9.17, 15) is 18.0 Å². The quantitative estimate of drug-likeness (QED) is 0.339. The second-order valence-electron chi connectivity index (χ2n) is 11.4. The highest BCUT2D eigenvalue weighted by Gasteiger charge is 2.48. The Morgan fingerprint density at radius 1 is 1.11 bits per heavy atom. The van der Waals surface area contributed by atoms with E-state index in [2.05, 4.69) is 48.6 Å². The highest BCUT2D eigenvalue weighted by atomic mass is 32.2. The largest absolute Gasteiger partial charge is 0.466 e. The third-order valence-corrected chi connectivity index (χ3v) is 13.0. The Labute approximate surface area is 225 Å². The maximum atomic E-state index is 13.4. The Balaban J connectivity index is 1.50. The molecule has 3 atom stereocenters. The van der Waals surface area contributed by atoms with Crippen molar-refractivity contribution in [2.24, 2.45) is 5.92 Å². The molecule has 200 valence electrons. The predicted octanol–water partition coefficient (Wildman–Crippen LogP) is 5.51. The van der Waals surface area contributed by atoms with Gasteiger partial charge in [-0.15, -0.1) is 11.8 Å². The third-order valence-electron chi connectivity index (χ3n) is 7.56. The number of hydrogen-bond acceptors (Lipinski definition) is 6. The smallest absolute Gasteiger partial charge is 0.307 e. The molecule has 6 nitrogen and oxygen atoms in total. The maximum absolute atomic E-state index is 13.4. The van der Waals surface area contributed by atoms with Gasteiger partial charge in [0.25, 0.3) is 5.91 Å². The average Bonchev–Trinajstić information content (AvgIpc) is 3.34. The molecule has 2 aliphatic rings. The minimum absolute atomic E-state index is 0.0528. The average molecular weight is 560 g/mol. The lowest BCUT2D eigenvalue weighted by atomic mass is 9.79. The van der Waals surface area contributed by atoms with E-state index in [4.69, 9.17) is 4.74 Å². The summed E-state index contributed by atoms with van der Waals surface area (Å²) in [5.74, 6) is -0.510. The fourth-order valence-electron chi connectivity index (χ4n) is 5.30. The number of carbonyl (C=O) groups is 2. The zero-order valence-electron chi connectivity index (χ0n) is 22.1. The Bertz CT molecular complexity index is 1310. The van der Waals surface area contributed by atoms with Crippen LogP contribution in [0.25, 0.3) is 10.8 Å². The van der Waals surface area contributed by atoms with Crippen LogP contribution in [0.5, 0.6) is 0 Å². The van der Waals surface area contributed by atoms with Gasteiger partial charge in [-0.2, -0.15) is 0 Å². The summed E-state index contributed by atoms with van der Waals surface area (Å²) in [6, 6.07) is 12.8. The molecular formula is C28H37NO5S2Si. The molecule has 0 radical (unpaired) electrons. The molecule has 0 saturated carbocycles. The minimum Gasteiger partial charge on any atom is -0.466 e. The van der Waals surface area contributed by atoms with Crippen molar-refractivity contribution < 1.29 is 22.7 Å². The number of benzene rings is 2. The first-order chi connectivity index (χ1) is 17.4. The Hall–Kier alpha value is -2.10. The summed E-state index contributed by atoms with van der Waals surface area (Å²) in [6.45, 7) is 7.03. The zero-order chi connectivity index (χ0) is 26.8. The summed E-state index contributed by atoms with van der Waals surface area (Å²) in [5.41, 5.74) is 1.71.